The van der Waals surface area contributed by atoms with E-state index in [1.807, 2.05) is 4.90 Å². The molecule has 1 aromatic carbocycles. The van der Waals surface area contributed by atoms with Gasteiger partial charge in [0.15, 0.2) is 5.78 Å². The Balaban J connectivity index is 1.95. The number of nitrogens with zero attached hydrogens (tertiary/aromatic N) is 1. The summed E-state index contributed by atoms with van der Waals surface area (Å²) in [7, 11) is 0. The third kappa shape index (κ3) is 4.65. The van der Waals surface area contributed by atoms with Gasteiger partial charge in [-0.3, -0.25) is 14.4 Å². The molecule has 124 valence electrons. The summed E-state index contributed by atoms with van der Waals surface area (Å²) in [6.07, 6.45) is 3.94. The number of anilines is 1. The molecule has 0 aliphatic carbocycles. The van der Waals surface area contributed by atoms with Gasteiger partial charge in [-0.15, -0.1) is 0 Å². The van der Waals surface area contributed by atoms with Crippen molar-refractivity contribution in [1.82, 2.24) is 4.90 Å². The van der Waals surface area contributed by atoms with E-state index >= 15 is 0 Å². The first-order valence-electron chi connectivity index (χ1n) is 8.21. The lowest BCUT2D eigenvalue weighted by Gasteiger charge is -2.35. The minimum atomic E-state index is -0.337. The molecule has 0 aromatic heterocycles. The lowest BCUT2D eigenvalue weighted by atomic mass is 9.99. The van der Waals surface area contributed by atoms with E-state index in [2.05, 4.69) is 12.2 Å². The van der Waals surface area contributed by atoms with Gasteiger partial charge in [-0.05, 0) is 44.7 Å². The lowest BCUT2D eigenvalue weighted by Crippen LogP contribution is -2.44. The van der Waals surface area contributed by atoms with Crippen LogP contribution in [0.4, 0.5) is 5.69 Å². The quantitative estimate of drug-likeness (QED) is 0.671. The Labute approximate surface area is 137 Å². The van der Waals surface area contributed by atoms with Crippen LogP contribution in [-0.4, -0.2) is 35.1 Å². The molecule has 1 saturated heterocycles. The molecule has 0 radical (unpaired) electrons. The SMILES string of the molecule is CCC1CCCCN1C(=O)CC(=O)Nc1cccc(C(C)=O)c1. The first kappa shape index (κ1) is 17.2. The molecular weight excluding hydrogens is 292 g/mol. The Morgan fingerprint density at radius 3 is 2.74 bits per heavy atom. The van der Waals surface area contributed by atoms with Crippen LogP contribution >= 0.6 is 0 Å². The van der Waals surface area contributed by atoms with Gasteiger partial charge in [-0.2, -0.15) is 0 Å². The van der Waals surface area contributed by atoms with Crippen LogP contribution in [-0.2, 0) is 9.59 Å². The summed E-state index contributed by atoms with van der Waals surface area (Å²) in [6, 6.07) is 7.00. The Morgan fingerprint density at radius 2 is 2.04 bits per heavy atom. The molecular formula is C18H24N2O3. The van der Waals surface area contributed by atoms with E-state index in [0.29, 0.717) is 11.3 Å². The van der Waals surface area contributed by atoms with Crippen LogP contribution < -0.4 is 5.32 Å². The van der Waals surface area contributed by atoms with Crippen molar-refractivity contribution >= 4 is 23.3 Å². The third-order valence-corrected chi connectivity index (χ3v) is 4.28. The number of nitrogens with one attached hydrogen (secondary N) is 1. The van der Waals surface area contributed by atoms with Crippen molar-refractivity contribution in [1.29, 1.82) is 0 Å². The van der Waals surface area contributed by atoms with Gasteiger partial charge in [-0.1, -0.05) is 19.1 Å². The smallest absolute Gasteiger partial charge is 0.233 e. The number of rotatable bonds is 5. The van der Waals surface area contributed by atoms with E-state index in [1.54, 1.807) is 24.3 Å². The van der Waals surface area contributed by atoms with Crippen molar-refractivity contribution in [3.8, 4) is 0 Å². The zero-order chi connectivity index (χ0) is 16.8. The molecule has 1 N–H and O–H groups in total. The zero-order valence-electron chi connectivity index (χ0n) is 13.8. The standard InChI is InChI=1S/C18H24N2O3/c1-3-16-9-4-5-10-20(16)18(23)12-17(22)19-15-8-6-7-14(11-15)13(2)21/h6-8,11,16H,3-5,9-10,12H2,1-2H3,(H,19,22). The van der Waals surface area contributed by atoms with Crippen molar-refractivity contribution in [3.63, 3.8) is 0 Å². The number of ketones is 1. The van der Waals surface area contributed by atoms with Crippen LogP contribution in [0.25, 0.3) is 0 Å². The molecule has 5 heteroatoms. The topological polar surface area (TPSA) is 66.5 Å². The van der Waals surface area contributed by atoms with Gasteiger partial charge in [0, 0.05) is 23.8 Å². The maximum atomic E-state index is 12.4. The Hall–Kier alpha value is -2.17. The second kappa shape index (κ2) is 7.90. The fourth-order valence-electron chi connectivity index (χ4n) is 3.01. The van der Waals surface area contributed by atoms with Crippen molar-refractivity contribution in [3.05, 3.63) is 29.8 Å². The summed E-state index contributed by atoms with van der Waals surface area (Å²) in [5.41, 5.74) is 1.08. The molecule has 0 saturated carbocycles. The second-order valence-corrected chi connectivity index (χ2v) is 6.01. The normalized spacial score (nSPS) is 17.7. The highest BCUT2D eigenvalue weighted by molar-refractivity contribution is 6.04. The molecule has 1 aliphatic heterocycles. The van der Waals surface area contributed by atoms with Crippen LogP contribution in [0, 0.1) is 0 Å². The number of Topliss-reactive ketones (excluding diaryl/α,β-unsaturated/α-hetero) is 1. The largest absolute Gasteiger partial charge is 0.339 e. The Morgan fingerprint density at radius 1 is 1.26 bits per heavy atom. The number of piperidine rings is 1. The maximum Gasteiger partial charge on any atom is 0.233 e. The van der Waals surface area contributed by atoms with Gasteiger partial charge < -0.3 is 10.2 Å². The molecule has 5 nitrogen and oxygen atoms in total. The molecule has 1 unspecified atom stereocenters. The Kier molecular flexibility index (Phi) is 5.90. The summed E-state index contributed by atoms with van der Waals surface area (Å²) in [4.78, 5) is 37.7. The highest BCUT2D eigenvalue weighted by atomic mass is 16.2. The summed E-state index contributed by atoms with van der Waals surface area (Å²) in [6.45, 7) is 4.29. The highest BCUT2D eigenvalue weighted by Gasteiger charge is 2.26. The number of benzene rings is 1. The first-order valence-corrected chi connectivity index (χ1v) is 8.21. The molecule has 0 spiro atoms. The molecule has 1 heterocycles. The van der Waals surface area contributed by atoms with Crippen molar-refractivity contribution < 1.29 is 14.4 Å². The average Bonchev–Trinajstić information content (AvgIpc) is 2.54. The summed E-state index contributed by atoms with van der Waals surface area (Å²) in [5.74, 6) is -0.510. The van der Waals surface area contributed by atoms with Crippen LogP contribution in [0.15, 0.2) is 24.3 Å². The number of amides is 2. The molecule has 0 bridgehead atoms. The van der Waals surface area contributed by atoms with Gasteiger partial charge in [-0.25, -0.2) is 0 Å². The maximum absolute atomic E-state index is 12.4. The summed E-state index contributed by atoms with van der Waals surface area (Å²) < 4.78 is 0. The van der Waals surface area contributed by atoms with Gasteiger partial charge in [0.2, 0.25) is 11.8 Å². The average molecular weight is 316 g/mol. The molecule has 2 amide bonds. The molecule has 1 atom stereocenters. The van der Waals surface area contributed by atoms with E-state index in [4.69, 9.17) is 0 Å². The zero-order valence-corrected chi connectivity index (χ0v) is 13.8. The van der Waals surface area contributed by atoms with Crippen LogP contribution in [0.5, 0.6) is 0 Å². The molecule has 23 heavy (non-hydrogen) atoms. The fraction of sp³-hybridized carbons (Fsp3) is 0.500. The predicted octanol–water partition coefficient (Wildman–Crippen LogP) is 3.01. The van der Waals surface area contributed by atoms with Gasteiger partial charge in [0.05, 0.1) is 0 Å². The van der Waals surface area contributed by atoms with E-state index in [-0.39, 0.29) is 30.1 Å². The highest BCUT2D eigenvalue weighted by Crippen LogP contribution is 2.20. The summed E-state index contributed by atoms with van der Waals surface area (Å²) >= 11 is 0. The van der Waals surface area contributed by atoms with Crippen LogP contribution in [0.1, 0.15) is 56.3 Å². The van der Waals surface area contributed by atoms with Gasteiger partial charge in [0.25, 0.3) is 0 Å². The van der Waals surface area contributed by atoms with E-state index in [0.717, 1.165) is 32.2 Å². The number of hydrogen-bond donors (Lipinski definition) is 1. The molecule has 1 fully saturated rings. The second-order valence-electron chi connectivity index (χ2n) is 6.01. The Bertz CT molecular complexity index is 598. The molecule has 1 aromatic rings. The number of carbonyl (C=O) groups excluding carboxylic acids is 3. The minimum Gasteiger partial charge on any atom is -0.339 e. The molecule has 1 aliphatic rings. The predicted molar refractivity (Wildman–Crippen MR) is 89.3 cm³/mol. The van der Waals surface area contributed by atoms with E-state index in [9.17, 15) is 14.4 Å². The third-order valence-electron chi connectivity index (χ3n) is 4.28. The summed E-state index contributed by atoms with van der Waals surface area (Å²) in [5, 5.41) is 2.70. The minimum absolute atomic E-state index is 0.0590. The monoisotopic (exact) mass is 316 g/mol. The fourth-order valence-corrected chi connectivity index (χ4v) is 3.01. The van der Waals surface area contributed by atoms with Crippen molar-refractivity contribution in [2.24, 2.45) is 0 Å². The number of likely N-dealkylation sites (tertiary alicyclic amines) is 1. The van der Waals surface area contributed by atoms with Gasteiger partial charge in [0.1, 0.15) is 6.42 Å². The van der Waals surface area contributed by atoms with Crippen molar-refractivity contribution in [2.75, 3.05) is 11.9 Å². The van der Waals surface area contributed by atoms with Crippen molar-refractivity contribution in [2.45, 2.75) is 52.0 Å². The number of carbonyl (C=O) groups is 3. The van der Waals surface area contributed by atoms with Crippen LogP contribution in [0.2, 0.25) is 0 Å². The van der Waals surface area contributed by atoms with E-state index < -0.39 is 0 Å². The lowest BCUT2D eigenvalue weighted by molar-refractivity contribution is -0.137. The van der Waals surface area contributed by atoms with E-state index in [1.165, 1.54) is 6.92 Å². The first-order chi connectivity index (χ1) is 11.0. The molecule has 2 rings (SSSR count). The van der Waals surface area contributed by atoms with Crippen LogP contribution in [0.3, 0.4) is 0 Å². The number of hydrogen-bond acceptors (Lipinski definition) is 3. The van der Waals surface area contributed by atoms with Gasteiger partial charge >= 0.3 is 0 Å².